The molecule has 0 aliphatic carbocycles. The summed E-state index contributed by atoms with van der Waals surface area (Å²) in [6.07, 6.45) is 4.70. The zero-order valence-corrected chi connectivity index (χ0v) is 8.38. The third-order valence-corrected chi connectivity index (χ3v) is 3.00. The van der Waals surface area contributed by atoms with E-state index < -0.39 is 0 Å². The molecule has 2 saturated heterocycles. The molecular formula is C10H20N2O. The van der Waals surface area contributed by atoms with Crippen LogP contribution in [0, 0.1) is 0 Å². The molecule has 2 aliphatic rings. The van der Waals surface area contributed by atoms with Crippen molar-refractivity contribution in [2.24, 2.45) is 0 Å². The predicted molar refractivity (Wildman–Crippen MR) is 52.8 cm³/mol. The Morgan fingerprint density at radius 1 is 1.46 bits per heavy atom. The third kappa shape index (κ3) is 2.22. The summed E-state index contributed by atoms with van der Waals surface area (Å²) in [4.78, 5) is 0. The van der Waals surface area contributed by atoms with E-state index in [0.717, 1.165) is 19.6 Å². The van der Waals surface area contributed by atoms with Gasteiger partial charge in [-0.15, -0.1) is 0 Å². The molecule has 3 nitrogen and oxygen atoms in total. The van der Waals surface area contributed by atoms with Gasteiger partial charge in [-0.25, -0.2) is 0 Å². The van der Waals surface area contributed by atoms with Crippen molar-refractivity contribution in [3.63, 3.8) is 0 Å². The van der Waals surface area contributed by atoms with Gasteiger partial charge < -0.3 is 15.4 Å². The number of ether oxygens (including phenoxy) is 1. The second-order valence-electron chi connectivity index (χ2n) is 4.09. The monoisotopic (exact) mass is 184 g/mol. The lowest BCUT2D eigenvalue weighted by Crippen LogP contribution is -2.62. The Morgan fingerprint density at radius 3 is 3.00 bits per heavy atom. The lowest BCUT2D eigenvalue weighted by molar-refractivity contribution is -0.101. The van der Waals surface area contributed by atoms with Crippen LogP contribution in [0.25, 0.3) is 0 Å². The number of nitrogens with one attached hydrogen (secondary N) is 2. The summed E-state index contributed by atoms with van der Waals surface area (Å²) in [6.45, 7) is 5.42. The first-order valence-corrected chi connectivity index (χ1v) is 5.49. The maximum absolute atomic E-state index is 5.91. The van der Waals surface area contributed by atoms with E-state index in [4.69, 9.17) is 4.74 Å². The summed E-state index contributed by atoms with van der Waals surface area (Å²) in [7, 11) is 0. The zero-order valence-electron chi connectivity index (χ0n) is 8.38. The van der Waals surface area contributed by atoms with Crippen LogP contribution >= 0.6 is 0 Å². The van der Waals surface area contributed by atoms with Crippen molar-refractivity contribution in [3.05, 3.63) is 0 Å². The molecule has 0 amide bonds. The highest BCUT2D eigenvalue weighted by Crippen LogP contribution is 2.24. The first kappa shape index (κ1) is 9.44. The smallest absolute Gasteiger partial charge is 0.0856 e. The van der Waals surface area contributed by atoms with E-state index in [1.165, 1.54) is 19.3 Å². The summed E-state index contributed by atoms with van der Waals surface area (Å²) >= 11 is 0. The minimum Gasteiger partial charge on any atom is -0.371 e. The average Bonchev–Trinajstić information content (AvgIpc) is 2.10. The van der Waals surface area contributed by atoms with Crippen LogP contribution in [0.5, 0.6) is 0 Å². The molecule has 13 heavy (non-hydrogen) atoms. The minimum absolute atomic E-state index is 0.467. The Bertz CT molecular complexity index is 163. The molecule has 3 atom stereocenters. The fraction of sp³-hybridized carbons (Fsp3) is 1.00. The van der Waals surface area contributed by atoms with Gasteiger partial charge in [0.1, 0.15) is 0 Å². The molecule has 2 aliphatic heterocycles. The normalized spacial score (nSPS) is 38.1. The highest BCUT2D eigenvalue weighted by Gasteiger charge is 2.36. The molecule has 2 fully saturated rings. The van der Waals surface area contributed by atoms with Crippen LogP contribution in [0.15, 0.2) is 0 Å². The van der Waals surface area contributed by atoms with Crippen molar-refractivity contribution in [3.8, 4) is 0 Å². The first-order valence-electron chi connectivity index (χ1n) is 5.49. The molecule has 2 rings (SSSR count). The van der Waals surface area contributed by atoms with Crippen LogP contribution in [-0.2, 0) is 4.74 Å². The molecule has 0 aromatic rings. The van der Waals surface area contributed by atoms with Crippen LogP contribution in [-0.4, -0.2) is 37.9 Å². The SMILES string of the molecule is CCCNC[C@@H]1CC[C@H]2NC[C@H]2O1. The van der Waals surface area contributed by atoms with Gasteiger partial charge in [-0.3, -0.25) is 0 Å². The third-order valence-electron chi connectivity index (χ3n) is 3.00. The van der Waals surface area contributed by atoms with Crippen molar-refractivity contribution >= 4 is 0 Å². The van der Waals surface area contributed by atoms with Crippen molar-refractivity contribution in [1.82, 2.24) is 10.6 Å². The molecule has 2 N–H and O–H groups in total. The van der Waals surface area contributed by atoms with Crippen molar-refractivity contribution < 1.29 is 4.74 Å². The highest BCUT2D eigenvalue weighted by atomic mass is 16.5. The molecule has 0 saturated carbocycles. The summed E-state index contributed by atoms with van der Waals surface area (Å²) < 4.78 is 5.91. The molecule has 0 bridgehead atoms. The quantitative estimate of drug-likeness (QED) is 0.624. The Hall–Kier alpha value is -0.120. The van der Waals surface area contributed by atoms with Crippen molar-refractivity contribution in [1.29, 1.82) is 0 Å². The molecule has 0 aromatic carbocycles. The first-order chi connectivity index (χ1) is 6.40. The average molecular weight is 184 g/mol. The topological polar surface area (TPSA) is 33.3 Å². The fourth-order valence-corrected chi connectivity index (χ4v) is 2.08. The zero-order chi connectivity index (χ0) is 9.10. The largest absolute Gasteiger partial charge is 0.371 e. The van der Waals surface area contributed by atoms with Gasteiger partial charge in [-0.1, -0.05) is 6.92 Å². The van der Waals surface area contributed by atoms with E-state index in [-0.39, 0.29) is 0 Å². The molecule has 0 radical (unpaired) electrons. The molecule has 2 heterocycles. The molecule has 0 spiro atoms. The van der Waals surface area contributed by atoms with Crippen LogP contribution in [0.1, 0.15) is 26.2 Å². The predicted octanol–water partition coefficient (Wildman–Crippen LogP) is 0.505. The Balaban J connectivity index is 1.64. The summed E-state index contributed by atoms with van der Waals surface area (Å²) in [5.74, 6) is 0. The van der Waals surface area contributed by atoms with Gasteiger partial charge in [0.2, 0.25) is 0 Å². The van der Waals surface area contributed by atoms with Gasteiger partial charge >= 0.3 is 0 Å². The van der Waals surface area contributed by atoms with E-state index in [0.29, 0.717) is 18.2 Å². The minimum atomic E-state index is 0.467. The molecule has 76 valence electrons. The van der Waals surface area contributed by atoms with E-state index in [2.05, 4.69) is 17.6 Å². The summed E-state index contributed by atoms with van der Waals surface area (Å²) in [5.41, 5.74) is 0. The van der Waals surface area contributed by atoms with E-state index >= 15 is 0 Å². The van der Waals surface area contributed by atoms with Crippen LogP contribution in [0.4, 0.5) is 0 Å². The lowest BCUT2D eigenvalue weighted by atomic mass is 9.92. The van der Waals surface area contributed by atoms with Crippen LogP contribution in [0.2, 0.25) is 0 Å². The summed E-state index contributed by atoms with van der Waals surface area (Å²) in [6, 6.07) is 0.669. The number of hydrogen-bond donors (Lipinski definition) is 2. The fourth-order valence-electron chi connectivity index (χ4n) is 2.08. The Morgan fingerprint density at radius 2 is 2.38 bits per heavy atom. The van der Waals surface area contributed by atoms with E-state index in [1.807, 2.05) is 0 Å². The van der Waals surface area contributed by atoms with E-state index in [9.17, 15) is 0 Å². The standard InChI is InChI=1S/C10H20N2O/c1-2-5-11-6-8-3-4-9-10(13-8)7-12-9/h8-12H,2-7H2,1H3/t8-,9+,10+/m0/s1. The number of hydrogen-bond acceptors (Lipinski definition) is 3. The highest BCUT2D eigenvalue weighted by molar-refractivity contribution is 4.93. The van der Waals surface area contributed by atoms with E-state index in [1.54, 1.807) is 0 Å². The summed E-state index contributed by atoms with van der Waals surface area (Å²) in [5, 5.41) is 6.81. The van der Waals surface area contributed by atoms with Crippen molar-refractivity contribution in [2.75, 3.05) is 19.6 Å². The maximum Gasteiger partial charge on any atom is 0.0856 e. The molecular weight excluding hydrogens is 164 g/mol. The van der Waals surface area contributed by atoms with Crippen molar-refractivity contribution in [2.45, 2.75) is 44.4 Å². The second kappa shape index (κ2) is 4.40. The molecule has 0 aromatic heterocycles. The van der Waals surface area contributed by atoms with Gasteiger partial charge in [-0.05, 0) is 25.8 Å². The molecule has 3 heteroatoms. The second-order valence-corrected chi connectivity index (χ2v) is 4.09. The maximum atomic E-state index is 5.91. The number of fused-ring (bicyclic) bond motifs is 1. The van der Waals surface area contributed by atoms with Crippen LogP contribution in [0.3, 0.4) is 0 Å². The van der Waals surface area contributed by atoms with Crippen LogP contribution < -0.4 is 10.6 Å². The van der Waals surface area contributed by atoms with Gasteiger partial charge in [0.25, 0.3) is 0 Å². The number of rotatable bonds is 4. The Kier molecular flexibility index (Phi) is 3.19. The van der Waals surface area contributed by atoms with Gasteiger partial charge in [0.15, 0.2) is 0 Å². The van der Waals surface area contributed by atoms with Gasteiger partial charge in [0.05, 0.1) is 12.2 Å². The van der Waals surface area contributed by atoms with Gasteiger partial charge in [0, 0.05) is 19.1 Å². The lowest BCUT2D eigenvalue weighted by Gasteiger charge is -2.44. The van der Waals surface area contributed by atoms with Gasteiger partial charge in [-0.2, -0.15) is 0 Å². The Labute approximate surface area is 80.2 Å². The molecule has 0 unspecified atom stereocenters.